The van der Waals surface area contributed by atoms with Crippen LogP contribution in [0.5, 0.6) is 5.75 Å². The van der Waals surface area contributed by atoms with Gasteiger partial charge in [-0.05, 0) is 57.2 Å². The van der Waals surface area contributed by atoms with Crippen LogP contribution in [0.4, 0.5) is 4.79 Å². The Bertz CT molecular complexity index is 987. The number of ether oxygens (including phenoxy) is 2. The molecule has 158 valence electrons. The van der Waals surface area contributed by atoms with E-state index < -0.39 is 11.7 Å². The molecule has 30 heavy (non-hydrogen) atoms. The Morgan fingerprint density at radius 3 is 2.63 bits per heavy atom. The number of aromatic amines is 1. The summed E-state index contributed by atoms with van der Waals surface area (Å²) < 4.78 is 10.4. The number of methoxy groups -OCH3 is 1. The van der Waals surface area contributed by atoms with Crippen molar-refractivity contribution in [3.05, 3.63) is 60.0 Å². The molecule has 0 aliphatic rings. The second-order valence-electron chi connectivity index (χ2n) is 7.58. The van der Waals surface area contributed by atoms with Crippen LogP contribution in [0.3, 0.4) is 0 Å². The van der Waals surface area contributed by atoms with E-state index in [-0.39, 0.29) is 13.2 Å². The molecule has 0 unspecified atom stereocenters. The highest BCUT2D eigenvalue weighted by molar-refractivity contribution is 6.13. The van der Waals surface area contributed by atoms with E-state index >= 15 is 0 Å². The molecular formula is C22H26N4O4. The third-order valence-electron chi connectivity index (χ3n) is 4.06. The van der Waals surface area contributed by atoms with Crippen LogP contribution in [0.1, 0.15) is 32.0 Å². The number of carbonyl (C=O) groups excluding carboxylic acids is 1. The van der Waals surface area contributed by atoms with Crippen LogP contribution in [-0.2, 0) is 9.57 Å². The number of hydrogen-bond donors (Lipinski definition) is 2. The lowest BCUT2D eigenvalue weighted by molar-refractivity contribution is 0.0502. The standard InChI is InChI=1S/C22H26N4O4/c1-22(2,3)30-21(27)24-11-12-29-26-20(15-5-7-17(28-4)8-6-15)18-13-16-9-10-23-14-19(16)25-18/h5-10,13-14,25H,11-12H2,1-4H3,(H,24,27)/b26-20+. The largest absolute Gasteiger partial charge is 0.497 e. The number of aromatic nitrogens is 2. The number of alkyl carbamates (subject to hydrolysis) is 1. The summed E-state index contributed by atoms with van der Waals surface area (Å²) in [5.74, 6) is 0.751. The number of oxime groups is 1. The summed E-state index contributed by atoms with van der Waals surface area (Å²) in [6.45, 7) is 5.89. The first kappa shape index (κ1) is 21.2. The van der Waals surface area contributed by atoms with Gasteiger partial charge >= 0.3 is 6.09 Å². The normalized spacial score (nSPS) is 11.9. The maximum Gasteiger partial charge on any atom is 0.407 e. The number of hydrogen-bond acceptors (Lipinski definition) is 6. The molecule has 0 aliphatic carbocycles. The monoisotopic (exact) mass is 410 g/mol. The maximum absolute atomic E-state index is 11.7. The molecule has 0 bridgehead atoms. The molecule has 1 aromatic carbocycles. The minimum Gasteiger partial charge on any atom is -0.497 e. The molecule has 8 heteroatoms. The van der Waals surface area contributed by atoms with Gasteiger partial charge in [-0.3, -0.25) is 4.98 Å². The number of nitrogens with one attached hydrogen (secondary N) is 2. The predicted octanol–water partition coefficient (Wildman–Crippen LogP) is 3.87. The zero-order valence-corrected chi connectivity index (χ0v) is 17.6. The van der Waals surface area contributed by atoms with Crippen molar-refractivity contribution in [1.29, 1.82) is 0 Å². The minimum atomic E-state index is -0.547. The van der Waals surface area contributed by atoms with Gasteiger partial charge in [0.15, 0.2) is 0 Å². The molecule has 2 aromatic heterocycles. The van der Waals surface area contributed by atoms with Crippen molar-refractivity contribution in [2.24, 2.45) is 5.16 Å². The van der Waals surface area contributed by atoms with Crippen LogP contribution in [0.2, 0.25) is 0 Å². The summed E-state index contributed by atoms with van der Waals surface area (Å²) in [6, 6.07) is 11.4. The summed E-state index contributed by atoms with van der Waals surface area (Å²) in [4.78, 5) is 24.7. The van der Waals surface area contributed by atoms with Crippen LogP contribution in [-0.4, -0.2) is 47.6 Å². The maximum atomic E-state index is 11.7. The van der Waals surface area contributed by atoms with Crippen molar-refractivity contribution in [2.75, 3.05) is 20.3 Å². The minimum absolute atomic E-state index is 0.195. The van der Waals surface area contributed by atoms with Crippen molar-refractivity contribution in [3.8, 4) is 5.75 Å². The highest BCUT2D eigenvalue weighted by atomic mass is 16.6. The Hall–Kier alpha value is -3.55. The quantitative estimate of drug-likeness (QED) is 0.350. The lowest BCUT2D eigenvalue weighted by Gasteiger charge is -2.19. The van der Waals surface area contributed by atoms with E-state index in [0.717, 1.165) is 27.9 Å². The molecule has 3 rings (SSSR count). The van der Waals surface area contributed by atoms with Gasteiger partial charge in [0.25, 0.3) is 0 Å². The predicted molar refractivity (Wildman–Crippen MR) is 115 cm³/mol. The SMILES string of the molecule is COc1ccc(/C(=N\OCCNC(=O)OC(C)(C)C)c2cc3ccncc3[nH]2)cc1. The van der Waals surface area contributed by atoms with Crippen molar-refractivity contribution in [3.63, 3.8) is 0 Å². The number of rotatable bonds is 7. The van der Waals surface area contributed by atoms with Crippen molar-refractivity contribution in [2.45, 2.75) is 26.4 Å². The number of fused-ring (bicyclic) bond motifs is 1. The second-order valence-corrected chi connectivity index (χ2v) is 7.58. The van der Waals surface area contributed by atoms with Gasteiger partial charge in [-0.25, -0.2) is 4.79 Å². The number of H-pyrrole nitrogens is 1. The van der Waals surface area contributed by atoms with Gasteiger partial charge in [0, 0.05) is 17.1 Å². The van der Waals surface area contributed by atoms with E-state index in [1.54, 1.807) is 19.5 Å². The molecule has 0 fully saturated rings. The van der Waals surface area contributed by atoms with Gasteiger partial charge in [-0.2, -0.15) is 0 Å². The Balaban J connectivity index is 1.73. The highest BCUT2D eigenvalue weighted by Crippen LogP contribution is 2.19. The van der Waals surface area contributed by atoms with Gasteiger partial charge in [0.2, 0.25) is 0 Å². The Morgan fingerprint density at radius 2 is 1.97 bits per heavy atom. The van der Waals surface area contributed by atoms with Crippen LogP contribution < -0.4 is 10.1 Å². The average Bonchev–Trinajstić information content (AvgIpc) is 3.13. The van der Waals surface area contributed by atoms with E-state index in [2.05, 4.69) is 20.4 Å². The lowest BCUT2D eigenvalue weighted by atomic mass is 10.1. The van der Waals surface area contributed by atoms with E-state index in [0.29, 0.717) is 5.71 Å². The van der Waals surface area contributed by atoms with E-state index in [1.807, 2.05) is 57.2 Å². The first-order valence-electron chi connectivity index (χ1n) is 9.60. The average molecular weight is 410 g/mol. The first-order valence-corrected chi connectivity index (χ1v) is 9.60. The fourth-order valence-electron chi connectivity index (χ4n) is 2.73. The van der Waals surface area contributed by atoms with Crippen molar-refractivity contribution < 1.29 is 19.1 Å². The Morgan fingerprint density at radius 1 is 1.20 bits per heavy atom. The van der Waals surface area contributed by atoms with Crippen LogP contribution >= 0.6 is 0 Å². The van der Waals surface area contributed by atoms with Crippen molar-refractivity contribution >= 4 is 22.7 Å². The summed E-state index contributed by atoms with van der Waals surface area (Å²) in [5, 5.41) is 7.98. The lowest BCUT2D eigenvalue weighted by Crippen LogP contribution is -2.34. The highest BCUT2D eigenvalue weighted by Gasteiger charge is 2.16. The van der Waals surface area contributed by atoms with Crippen molar-refractivity contribution in [1.82, 2.24) is 15.3 Å². The van der Waals surface area contributed by atoms with Gasteiger partial charge in [0.1, 0.15) is 23.7 Å². The van der Waals surface area contributed by atoms with Crippen LogP contribution in [0.25, 0.3) is 10.9 Å². The number of nitrogens with zero attached hydrogens (tertiary/aromatic N) is 2. The molecule has 0 saturated carbocycles. The number of benzene rings is 1. The number of pyridine rings is 1. The molecule has 3 aromatic rings. The zero-order valence-electron chi connectivity index (χ0n) is 17.6. The first-order chi connectivity index (χ1) is 14.4. The molecule has 2 N–H and O–H groups in total. The molecule has 8 nitrogen and oxygen atoms in total. The Labute approximate surface area is 175 Å². The van der Waals surface area contributed by atoms with E-state index in [4.69, 9.17) is 14.3 Å². The molecule has 0 saturated heterocycles. The zero-order chi connectivity index (χ0) is 21.6. The van der Waals surface area contributed by atoms with Gasteiger partial charge in [-0.1, -0.05) is 5.16 Å². The third kappa shape index (κ3) is 5.73. The van der Waals surface area contributed by atoms with Crippen LogP contribution in [0.15, 0.2) is 53.9 Å². The molecular weight excluding hydrogens is 384 g/mol. The van der Waals surface area contributed by atoms with Gasteiger partial charge in [0.05, 0.1) is 31.1 Å². The van der Waals surface area contributed by atoms with Gasteiger partial charge in [-0.15, -0.1) is 0 Å². The molecule has 0 atom stereocenters. The molecule has 0 spiro atoms. The number of carbonyl (C=O) groups is 1. The fourth-order valence-corrected chi connectivity index (χ4v) is 2.73. The summed E-state index contributed by atoms with van der Waals surface area (Å²) >= 11 is 0. The number of amides is 1. The topological polar surface area (TPSA) is 97.8 Å². The fraction of sp³-hybridized carbons (Fsp3) is 0.318. The molecule has 2 heterocycles. The van der Waals surface area contributed by atoms with E-state index in [9.17, 15) is 4.79 Å². The molecule has 0 radical (unpaired) electrons. The third-order valence-corrected chi connectivity index (χ3v) is 4.06. The summed E-state index contributed by atoms with van der Waals surface area (Å²) in [7, 11) is 1.62. The van der Waals surface area contributed by atoms with E-state index in [1.165, 1.54) is 0 Å². The molecule has 0 aliphatic heterocycles. The summed E-state index contributed by atoms with van der Waals surface area (Å²) in [5.41, 5.74) is 2.64. The smallest absolute Gasteiger partial charge is 0.407 e. The summed E-state index contributed by atoms with van der Waals surface area (Å²) in [6.07, 6.45) is 3.01. The van der Waals surface area contributed by atoms with Gasteiger partial charge < -0.3 is 24.6 Å². The van der Waals surface area contributed by atoms with Crippen LogP contribution in [0, 0.1) is 0 Å². The Kier molecular flexibility index (Phi) is 6.56. The molecule has 1 amide bonds. The second kappa shape index (κ2) is 9.30.